The van der Waals surface area contributed by atoms with E-state index in [2.05, 4.69) is 0 Å². The number of amides is 1. The van der Waals surface area contributed by atoms with Crippen molar-refractivity contribution < 1.29 is 9.53 Å². The van der Waals surface area contributed by atoms with Crippen LogP contribution in [0.2, 0.25) is 0 Å². The van der Waals surface area contributed by atoms with Crippen molar-refractivity contribution in [1.82, 2.24) is 4.90 Å². The van der Waals surface area contributed by atoms with Crippen molar-refractivity contribution in [2.24, 2.45) is 17.1 Å². The van der Waals surface area contributed by atoms with Crippen molar-refractivity contribution in [3.8, 4) is 5.75 Å². The second kappa shape index (κ2) is 7.14. The quantitative estimate of drug-likeness (QED) is 0.930. The summed E-state index contributed by atoms with van der Waals surface area (Å²) in [5, 5.41) is 0. The Bertz CT molecular complexity index is 474. The number of carbonyl (C=O) groups is 1. The van der Waals surface area contributed by atoms with Gasteiger partial charge in [0.1, 0.15) is 5.75 Å². The predicted molar refractivity (Wildman–Crippen MR) is 88.7 cm³/mol. The van der Waals surface area contributed by atoms with Crippen LogP contribution in [-0.4, -0.2) is 36.5 Å². The first-order chi connectivity index (χ1) is 10.4. The number of rotatable bonds is 4. The van der Waals surface area contributed by atoms with E-state index in [1.165, 1.54) is 0 Å². The molecule has 1 heterocycles. The third-order valence-corrected chi connectivity index (χ3v) is 4.35. The van der Waals surface area contributed by atoms with Crippen LogP contribution in [0.3, 0.4) is 0 Å². The van der Waals surface area contributed by atoms with Gasteiger partial charge in [0.2, 0.25) is 5.91 Å². The molecule has 1 fully saturated rings. The normalized spacial score (nSPS) is 18.1. The first-order valence-corrected chi connectivity index (χ1v) is 8.10. The van der Waals surface area contributed by atoms with E-state index >= 15 is 0 Å². The molecular weight excluding hydrogens is 276 g/mol. The molecule has 0 unspecified atom stereocenters. The molecule has 1 aliphatic heterocycles. The molecule has 1 atom stereocenters. The molecule has 0 saturated carbocycles. The Labute approximate surface area is 133 Å². The highest BCUT2D eigenvalue weighted by atomic mass is 16.5. The zero-order valence-electron chi connectivity index (χ0n) is 13.9. The topological polar surface area (TPSA) is 55.6 Å². The summed E-state index contributed by atoms with van der Waals surface area (Å²) in [5.41, 5.74) is 5.89. The molecule has 2 N–H and O–H groups in total. The van der Waals surface area contributed by atoms with Gasteiger partial charge in [-0.3, -0.25) is 4.79 Å². The van der Waals surface area contributed by atoms with E-state index in [0.29, 0.717) is 5.92 Å². The lowest BCUT2D eigenvalue weighted by atomic mass is 9.86. The van der Waals surface area contributed by atoms with E-state index in [1.807, 2.05) is 56.0 Å². The Morgan fingerprint density at radius 2 is 1.86 bits per heavy atom. The first kappa shape index (κ1) is 16.8. The smallest absolute Gasteiger partial charge is 0.240 e. The Balaban J connectivity index is 1.77. The number of benzene rings is 1. The van der Waals surface area contributed by atoms with Crippen LogP contribution in [0.4, 0.5) is 0 Å². The Morgan fingerprint density at radius 3 is 2.41 bits per heavy atom. The molecule has 0 bridgehead atoms. The largest absolute Gasteiger partial charge is 0.493 e. The van der Waals surface area contributed by atoms with Crippen molar-refractivity contribution in [1.29, 1.82) is 0 Å². The van der Waals surface area contributed by atoms with Gasteiger partial charge in [-0.2, -0.15) is 0 Å². The SMILES string of the molecule is CC(C)(C)[C@H](N)C(=O)N1CCC(COc2ccccc2)CC1. The molecular formula is C18H28N2O2. The Morgan fingerprint density at radius 1 is 1.27 bits per heavy atom. The van der Waals surface area contributed by atoms with Crippen molar-refractivity contribution in [2.45, 2.75) is 39.7 Å². The van der Waals surface area contributed by atoms with Crippen LogP contribution in [0.5, 0.6) is 5.75 Å². The van der Waals surface area contributed by atoms with E-state index in [0.717, 1.165) is 38.3 Å². The van der Waals surface area contributed by atoms with Crippen LogP contribution in [0.1, 0.15) is 33.6 Å². The van der Waals surface area contributed by atoms with Gasteiger partial charge in [-0.15, -0.1) is 0 Å². The van der Waals surface area contributed by atoms with Crippen molar-refractivity contribution >= 4 is 5.91 Å². The summed E-state index contributed by atoms with van der Waals surface area (Å²) >= 11 is 0. The minimum absolute atomic E-state index is 0.0786. The van der Waals surface area contributed by atoms with Crippen LogP contribution in [0.25, 0.3) is 0 Å². The lowest BCUT2D eigenvalue weighted by Crippen LogP contribution is -2.52. The van der Waals surface area contributed by atoms with Gasteiger partial charge in [-0.25, -0.2) is 0 Å². The summed E-state index contributed by atoms with van der Waals surface area (Å²) in [6.45, 7) is 8.32. The average Bonchev–Trinajstić information content (AvgIpc) is 2.52. The highest BCUT2D eigenvalue weighted by Crippen LogP contribution is 2.23. The fourth-order valence-corrected chi connectivity index (χ4v) is 2.62. The molecule has 0 aromatic heterocycles. The molecule has 122 valence electrons. The Kier molecular flexibility index (Phi) is 5.46. The Hall–Kier alpha value is -1.55. The third kappa shape index (κ3) is 4.47. The summed E-state index contributed by atoms with van der Waals surface area (Å²) in [5.74, 6) is 1.50. The van der Waals surface area contributed by atoms with Gasteiger partial charge < -0.3 is 15.4 Å². The summed E-state index contributed by atoms with van der Waals surface area (Å²) in [6.07, 6.45) is 1.96. The first-order valence-electron chi connectivity index (χ1n) is 8.10. The molecule has 4 heteroatoms. The number of likely N-dealkylation sites (tertiary alicyclic amines) is 1. The van der Waals surface area contributed by atoms with Gasteiger partial charge in [0.05, 0.1) is 12.6 Å². The van der Waals surface area contributed by atoms with E-state index < -0.39 is 6.04 Å². The standard InChI is InChI=1S/C18H28N2O2/c1-18(2,3)16(19)17(21)20-11-9-14(10-12-20)13-22-15-7-5-4-6-8-15/h4-8,14,16H,9-13,19H2,1-3H3/t16-/m1/s1. The van der Waals surface area contributed by atoms with Crippen LogP contribution >= 0.6 is 0 Å². The molecule has 1 aromatic rings. The number of piperidine rings is 1. The predicted octanol–water partition coefficient (Wildman–Crippen LogP) is 2.68. The third-order valence-electron chi connectivity index (χ3n) is 4.35. The zero-order valence-corrected chi connectivity index (χ0v) is 13.9. The molecule has 1 amide bonds. The maximum absolute atomic E-state index is 12.4. The van der Waals surface area contributed by atoms with Crippen molar-refractivity contribution in [3.05, 3.63) is 30.3 Å². The van der Waals surface area contributed by atoms with E-state index in [9.17, 15) is 4.79 Å². The molecule has 0 aliphatic carbocycles. The zero-order chi connectivity index (χ0) is 16.2. The number of hydrogen-bond acceptors (Lipinski definition) is 3. The number of nitrogens with zero attached hydrogens (tertiary/aromatic N) is 1. The molecule has 1 aromatic carbocycles. The fraction of sp³-hybridized carbons (Fsp3) is 0.611. The molecule has 2 rings (SSSR count). The van der Waals surface area contributed by atoms with Crippen molar-refractivity contribution in [2.75, 3.05) is 19.7 Å². The average molecular weight is 304 g/mol. The maximum atomic E-state index is 12.4. The summed E-state index contributed by atoms with van der Waals surface area (Å²) in [6, 6.07) is 9.46. The minimum atomic E-state index is -0.426. The highest BCUT2D eigenvalue weighted by Gasteiger charge is 2.32. The van der Waals surface area contributed by atoms with Gasteiger partial charge >= 0.3 is 0 Å². The second-order valence-corrected chi connectivity index (χ2v) is 7.24. The maximum Gasteiger partial charge on any atom is 0.240 e. The van der Waals surface area contributed by atoms with Gasteiger partial charge in [0, 0.05) is 13.1 Å². The van der Waals surface area contributed by atoms with E-state index in [-0.39, 0.29) is 11.3 Å². The van der Waals surface area contributed by atoms with Crippen LogP contribution < -0.4 is 10.5 Å². The lowest BCUT2D eigenvalue weighted by molar-refractivity contribution is -0.136. The van der Waals surface area contributed by atoms with Gasteiger partial charge in [0.15, 0.2) is 0 Å². The number of hydrogen-bond donors (Lipinski definition) is 1. The van der Waals surface area contributed by atoms with Crippen LogP contribution in [0, 0.1) is 11.3 Å². The molecule has 0 spiro atoms. The number of carbonyl (C=O) groups excluding carboxylic acids is 1. The second-order valence-electron chi connectivity index (χ2n) is 7.24. The fourth-order valence-electron chi connectivity index (χ4n) is 2.62. The van der Waals surface area contributed by atoms with Gasteiger partial charge in [-0.05, 0) is 36.3 Å². The van der Waals surface area contributed by atoms with Crippen LogP contribution in [0.15, 0.2) is 30.3 Å². The van der Waals surface area contributed by atoms with Crippen molar-refractivity contribution in [3.63, 3.8) is 0 Å². The van der Waals surface area contributed by atoms with Gasteiger partial charge in [-0.1, -0.05) is 39.0 Å². The summed E-state index contributed by atoms with van der Waals surface area (Å²) < 4.78 is 5.81. The number of ether oxygens (including phenoxy) is 1. The summed E-state index contributed by atoms with van der Waals surface area (Å²) in [7, 11) is 0. The highest BCUT2D eigenvalue weighted by molar-refractivity contribution is 5.82. The van der Waals surface area contributed by atoms with E-state index in [1.54, 1.807) is 0 Å². The molecule has 4 nitrogen and oxygen atoms in total. The van der Waals surface area contributed by atoms with E-state index in [4.69, 9.17) is 10.5 Å². The molecule has 1 aliphatic rings. The summed E-state index contributed by atoms with van der Waals surface area (Å²) in [4.78, 5) is 14.3. The number of para-hydroxylation sites is 1. The minimum Gasteiger partial charge on any atom is -0.493 e. The molecule has 1 saturated heterocycles. The molecule has 0 radical (unpaired) electrons. The van der Waals surface area contributed by atoms with Gasteiger partial charge in [0.25, 0.3) is 0 Å². The monoisotopic (exact) mass is 304 g/mol. The number of nitrogens with two attached hydrogens (primary N) is 1. The lowest BCUT2D eigenvalue weighted by Gasteiger charge is -2.36. The van der Waals surface area contributed by atoms with Crippen LogP contribution in [-0.2, 0) is 4.79 Å². The molecule has 22 heavy (non-hydrogen) atoms.